The Kier molecular flexibility index (Phi) is 0.696. The lowest BCUT2D eigenvalue weighted by atomic mass is 9.96. The van der Waals surface area contributed by atoms with E-state index >= 15 is 0 Å². The van der Waals surface area contributed by atoms with E-state index in [-0.39, 0.29) is 5.60 Å². The number of hydrogen-bond acceptors (Lipinski definition) is 1. The third-order valence-corrected chi connectivity index (χ3v) is 1.97. The van der Waals surface area contributed by atoms with Gasteiger partial charge in [0.1, 0.15) is 11.4 Å². The molecule has 2 bridgehead atoms. The number of rotatable bonds is 0. The van der Waals surface area contributed by atoms with Gasteiger partial charge in [0, 0.05) is 6.42 Å². The van der Waals surface area contributed by atoms with Crippen LogP contribution in [-0.2, 0) is 4.74 Å². The molecule has 2 aliphatic heterocycles. The topological polar surface area (TPSA) is 9.23 Å². The molecule has 2 heterocycles. The third kappa shape index (κ3) is 0.546. The van der Waals surface area contributed by atoms with Crippen molar-refractivity contribution in [3.63, 3.8) is 0 Å². The third-order valence-electron chi connectivity index (χ3n) is 1.97. The van der Waals surface area contributed by atoms with Crippen molar-refractivity contribution in [2.75, 3.05) is 0 Å². The average molecular weight is 122 g/mol. The van der Waals surface area contributed by atoms with Gasteiger partial charge in [-0.05, 0) is 31.6 Å². The highest BCUT2D eigenvalue weighted by atomic mass is 16.5. The Morgan fingerprint density at radius 2 is 2.44 bits per heavy atom. The predicted molar refractivity (Wildman–Crippen MR) is 35.9 cm³/mol. The predicted octanol–water partition coefficient (Wildman–Crippen LogP) is 2.01. The van der Waals surface area contributed by atoms with Crippen LogP contribution in [0.4, 0.5) is 0 Å². The minimum atomic E-state index is 0.0272. The van der Waals surface area contributed by atoms with Gasteiger partial charge >= 0.3 is 0 Å². The van der Waals surface area contributed by atoms with Gasteiger partial charge in [0.05, 0.1) is 0 Å². The smallest absolute Gasteiger partial charge is 0.129 e. The summed E-state index contributed by atoms with van der Waals surface area (Å²) in [7, 11) is 0. The molecule has 0 aromatic carbocycles. The summed E-state index contributed by atoms with van der Waals surface area (Å²) in [4.78, 5) is 0. The Bertz CT molecular complexity index is 209. The van der Waals surface area contributed by atoms with Gasteiger partial charge in [-0.3, -0.25) is 0 Å². The Morgan fingerprint density at radius 1 is 1.67 bits per heavy atom. The van der Waals surface area contributed by atoms with E-state index in [1.54, 1.807) is 0 Å². The molecular formula is C8H10O. The quantitative estimate of drug-likeness (QED) is 0.477. The van der Waals surface area contributed by atoms with E-state index in [9.17, 15) is 0 Å². The average Bonchev–Trinajstić information content (AvgIpc) is 2.20. The zero-order valence-corrected chi connectivity index (χ0v) is 5.77. The largest absolute Gasteiger partial charge is 0.483 e. The van der Waals surface area contributed by atoms with Crippen molar-refractivity contribution >= 4 is 0 Å². The van der Waals surface area contributed by atoms with Crippen LogP contribution in [0.3, 0.4) is 0 Å². The fourth-order valence-corrected chi connectivity index (χ4v) is 1.51. The molecule has 0 aromatic heterocycles. The minimum absolute atomic E-state index is 0.0272. The lowest BCUT2D eigenvalue weighted by Gasteiger charge is -2.15. The van der Waals surface area contributed by atoms with Crippen LogP contribution in [0.25, 0.3) is 0 Å². The van der Waals surface area contributed by atoms with Crippen LogP contribution in [0.15, 0.2) is 23.5 Å². The summed E-state index contributed by atoms with van der Waals surface area (Å²) in [6.07, 6.45) is 5.28. The highest BCUT2D eigenvalue weighted by molar-refractivity contribution is 5.35. The Hall–Kier alpha value is -0.720. The van der Waals surface area contributed by atoms with Crippen LogP contribution < -0.4 is 0 Å². The second-order valence-corrected chi connectivity index (χ2v) is 3.07. The van der Waals surface area contributed by atoms with E-state index in [1.165, 1.54) is 5.57 Å². The van der Waals surface area contributed by atoms with Crippen molar-refractivity contribution in [3.8, 4) is 0 Å². The maximum Gasteiger partial charge on any atom is 0.129 e. The molecule has 0 amide bonds. The van der Waals surface area contributed by atoms with Crippen molar-refractivity contribution in [1.82, 2.24) is 0 Å². The molecule has 0 spiro atoms. The molecule has 0 N–H and O–H groups in total. The van der Waals surface area contributed by atoms with Gasteiger partial charge in [0.2, 0.25) is 0 Å². The Morgan fingerprint density at radius 3 is 2.67 bits per heavy atom. The summed E-state index contributed by atoms with van der Waals surface area (Å²) in [5.74, 6) is 1.09. The molecule has 0 fully saturated rings. The van der Waals surface area contributed by atoms with Gasteiger partial charge in [-0.1, -0.05) is 0 Å². The van der Waals surface area contributed by atoms with Gasteiger partial charge < -0.3 is 4.74 Å². The van der Waals surface area contributed by atoms with E-state index in [4.69, 9.17) is 4.74 Å². The van der Waals surface area contributed by atoms with Crippen LogP contribution >= 0.6 is 0 Å². The summed E-state index contributed by atoms with van der Waals surface area (Å²) in [5.41, 5.74) is 1.42. The summed E-state index contributed by atoms with van der Waals surface area (Å²) in [6, 6.07) is 0. The summed E-state index contributed by atoms with van der Waals surface area (Å²) in [5, 5.41) is 0. The van der Waals surface area contributed by atoms with Crippen molar-refractivity contribution in [3.05, 3.63) is 23.5 Å². The first kappa shape index (κ1) is 5.10. The van der Waals surface area contributed by atoms with Gasteiger partial charge in [-0.15, -0.1) is 0 Å². The summed E-state index contributed by atoms with van der Waals surface area (Å²) in [6.45, 7) is 4.25. The zero-order valence-electron chi connectivity index (χ0n) is 5.77. The van der Waals surface area contributed by atoms with Crippen LogP contribution in [0.5, 0.6) is 0 Å². The first-order valence-electron chi connectivity index (χ1n) is 3.28. The second kappa shape index (κ2) is 1.23. The van der Waals surface area contributed by atoms with Crippen LogP contribution in [0, 0.1) is 0 Å². The van der Waals surface area contributed by atoms with Crippen molar-refractivity contribution in [2.45, 2.75) is 25.9 Å². The molecule has 9 heavy (non-hydrogen) atoms. The molecule has 0 aromatic rings. The van der Waals surface area contributed by atoms with Crippen LogP contribution in [0.2, 0.25) is 0 Å². The fourth-order valence-electron chi connectivity index (χ4n) is 1.51. The molecule has 1 atom stereocenters. The van der Waals surface area contributed by atoms with Crippen LogP contribution in [0.1, 0.15) is 20.3 Å². The molecule has 1 unspecified atom stereocenters. The van der Waals surface area contributed by atoms with E-state index in [0.29, 0.717) is 0 Å². The first-order valence-corrected chi connectivity index (χ1v) is 3.28. The molecule has 1 nitrogen and oxygen atoms in total. The molecule has 0 saturated carbocycles. The molecule has 0 radical (unpaired) electrons. The Balaban J connectivity index is 2.46. The first-order chi connectivity index (χ1) is 4.20. The molecule has 2 rings (SSSR count). The summed E-state index contributed by atoms with van der Waals surface area (Å²) >= 11 is 0. The van der Waals surface area contributed by atoms with Gasteiger partial charge in [-0.2, -0.15) is 0 Å². The molecule has 1 heteroatoms. The monoisotopic (exact) mass is 122 g/mol. The van der Waals surface area contributed by atoms with Gasteiger partial charge in [0.25, 0.3) is 0 Å². The van der Waals surface area contributed by atoms with E-state index in [0.717, 1.165) is 12.2 Å². The molecular weight excluding hydrogens is 112 g/mol. The van der Waals surface area contributed by atoms with Gasteiger partial charge in [-0.25, -0.2) is 0 Å². The molecule has 0 saturated heterocycles. The van der Waals surface area contributed by atoms with E-state index < -0.39 is 0 Å². The number of allylic oxidation sites excluding steroid dienone is 1. The van der Waals surface area contributed by atoms with Gasteiger partial charge in [0.15, 0.2) is 0 Å². The Labute approximate surface area is 55.0 Å². The summed E-state index contributed by atoms with van der Waals surface area (Å²) < 4.78 is 5.54. The second-order valence-electron chi connectivity index (χ2n) is 3.07. The van der Waals surface area contributed by atoms with Crippen LogP contribution in [-0.4, -0.2) is 5.60 Å². The minimum Gasteiger partial charge on any atom is -0.483 e. The lowest BCUT2D eigenvalue weighted by molar-refractivity contribution is 0.112. The highest BCUT2D eigenvalue weighted by Crippen LogP contribution is 2.40. The fraction of sp³-hybridized carbons (Fsp3) is 0.500. The van der Waals surface area contributed by atoms with E-state index in [1.807, 2.05) is 0 Å². The van der Waals surface area contributed by atoms with E-state index in [2.05, 4.69) is 26.0 Å². The number of fused-ring (bicyclic) bond motifs is 2. The molecule has 0 aliphatic carbocycles. The highest BCUT2D eigenvalue weighted by Gasteiger charge is 2.35. The lowest BCUT2D eigenvalue weighted by Crippen LogP contribution is -2.16. The van der Waals surface area contributed by atoms with Crippen molar-refractivity contribution < 1.29 is 4.74 Å². The molecule has 48 valence electrons. The number of hydrogen-bond donors (Lipinski definition) is 0. The number of ether oxygens (including phenoxy) is 1. The van der Waals surface area contributed by atoms with Crippen molar-refractivity contribution in [1.29, 1.82) is 0 Å². The standard InChI is InChI=1S/C8H10O/c1-6-5-8(2)4-3-7(6)9-8/h3-4H,5H2,1-2H3. The zero-order chi connectivity index (χ0) is 6.48. The normalized spacial score (nSPS) is 38.0. The van der Waals surface area contributed by atoms with Crippen molar-refractivity contribution in [2.24, 2.45) is 0 Å². The molecule has 2 aliphatic rings. The SMILES string of the molecule is CC1=C2C=CC(C)(C1)O2. The maximum atomic E-state index is 5.54. The maximum absolute atomic E-state index is 5.54.